The van der Waals surface area contributed by atoms with Crippen molar-refractivity contribution >= 4 is 71.5 Å². The van der Waals surface area contributed by atoms with Crippen LogP contribution in [0.15, 0.2) is 200 Å². The average Bonchev–Trinajstić information content (AvgIpc) is 3.49. The molecule has 2 aliphatic rings. The van der Waals surface area contributed by atoms with Crippen LogP contribution in [0.4, 0.5) is 28.4 Å². The molecular weight excluding hydrogens is 701 g/mol. The van der Waals surface area contributed by atoms with Crippen molar-refractivity contribution in [2.45, 2.75) is 38.1 Å². The molecule has 0 saturated carbocycles. The Morgan fingerprint density at radius 1 is 0.431 bits per heavy atom. The van der Waals surface area contributed by atoms with Crippen molar-refractivity contribution < 1.29 is 0 Å². The van der Waals surface area contributed by atoms with Gasteiger partial charge in [0, 0.05) is 49.1 Å². The number of rotatable bonds is 6. The van der Waals surface area contributed by atoms with E-state index in [0.29, 0.717) is 0 Å². The third-order valence-electron chi connectivity index (χ3n) is 12.9. The molecule has 0 aromatic heterocycles. The zero-order valence-electron chi connectivity index (χ0n) is 33.2. The van der Waals surface area contributed by atoms with Crippen LogP contribution in [0.3, 0.4) is 0 Å². The summed E-state index contributed by atoms with van der Waals surface area (Å²) in [5.74, 6) is 0. The second kappa shape index (κ2) is 13.1. The maximum absolute atomic E-state index is 2.68. The van der Waals surface area contributed by atoms with E-state index in [4.69, 9.17) is 0 Å². The molecule has 1 atom stereocenters. The topological polar surface area (TPSA) is 6.48 Å². The fourth-order valence-electron chi connectivity index (χ4n) is 10.1. The Kier molecular flexibility index (Phi) is 7.75. The summed E-state index contributed by atoms with van der Waals surface area (Å²) < 4.78 is 0. The molecule has 0 spiro atoms. The molecular formula is C56H44N2. The second-order valence-corrected chi connectivity index (χ2v) is 16.7. The van der Waals surface area contributed by atoms with E-state index in [2.05, 4.69) is 231 Å². The number of hydrogen-bond acceptors (Lipinski definition) is 2. The third kappa shape index (κ3) is 5.11. The first-order valence-corrected chi connectivity index (χ1v) is 20.5. The van der Waals surface area contributed by atoms with Gasteiger partial charge in [0.2, 0.25) is 0 Å². The van der Waals surface area contributed by atoms with Crippen LogP contribution >= 0.6 is 0 Å². The molecule has 0 radical (unpaired) electrons. The summed E-state index contributed by atoms with van der Waals surface area (Å²) in [6, 6.07) is 65.4. The Labute approximate surface area is 340 Å². The summed E-state index contributed by atoms with van der Waals surface area (Å²) in [5.41, 5.74) is 10.7. The maximum Gasteiger partial charge on any atom is 0.0643 e. The molecule has 9 aromatic rings. The van der Waals surface area contributed by atoms with E-state index in [1.54, 1.807) is 0 Å². The molecule has 0 saturated heterocycles. The molecule has 0 fully saturated rings. The molecule has 0 aliphatic heterocycles. The lowest BCUT2D eigenvalue weighted by molar-refractivity contribution is 0.573. The number of fused-ring (bicyclic) bond motifs is 7. The molecule has 11 rings (SSSR count). The summed E-state index contributed by atoms with van der Waals surface area (Å²) in [6.45, 7) is 7.20. The van der Waals surface area contributed by atoms with E-state index in [9.17, 15) is 0 Å². The van der Waals surface area contributed by atoms with Crippen molar-refractivity contribution in [1.29, 1.82) is 0 Å². The number of anilines is 5. The highest BCUT2D eigenvalue weighted by atomic mass is 15.2. The zero-order valence-corrected chi connectivity index (χ0v) is 33.2. The number of benzene rings is 9. The van der Waals surface area contributed by atoms with Crippen LogP contribution in [0.1, 0.15) is 38.3 Å². The van der Waals surface area contributed by atoms with E-state index in [-0.39, 0.29) is 11.0 Å². The highest BCUT2D eigenvalue weighted by molar-refractivity contribution is 6.25. The van der Waals surface area contributed by atoms with Gasteiger partial charge >= 0.3 is 0 Å². The average molecular weight is 745 g/mol. The van der Waals surface area contributed by atoms with Crippen LogP contribution in [0.2, 0.25) is 0 Å². The Morgan fingerprint density at radius 2 is 1.00 bits per heavy atom. The predicted octanol–water partition coefficient (Wildman–Crippen LogP) is 15.5. The number of allylic oxidation sites excluding steroid dienone is 2. The summed E-state index contributed by atoms with van der Waals surface area (Å²) in [7, 11) is 0. The van der Waals surface area contributed by atoms with Crippen LogP contribution in [0.25, 0.3) is 54.2 Å². The smallest absolute Gasteiger partial charge is 0.0643 e. The predicted molar refractivity (Wildman–Crippen MR) is 249 cm³/mol. The molecule has 278 valence electrons. The van der Waals surface area contributed by atoms with Gasteiger partial charge in [0.05, 0.1) is 22.6 Å². The first-order chi connectivity index (χ1) is 28.4. The van der Waals surface area contributed by atoms with Gasteiger partial charge in [-0.15, -0.1) is 0 Å². The fourth-order valence-corrected chi connectivity index (χ4v) is 10.1. The van der Waals surface area contributed by atoms with Gasteiger partial charge in [-0.1, -0.05) is 178 Å². The molecule has 9 aromatic carbocycles. The summed E-state index contributed by atoms with van der Waals surface area (Å²) >= 11 is 0. The van der Waals surface area contributed by atoms with Gasteiger partial charge < -0.3 is 9.80 Å². The molecule has 1 unspecified atom stereocenters. The second-order valence-electron chi connectivity index (χ2n) is 16.7. The minimum atomic E-state index is -0.359. The quantitative estimate of drug-likeness (QED) is 0.124. The summed E-state index contributed by atoms with van der Waals surface area (Å²) in [5, 5.41) is 9.80. The molecule has 58 heavy (non-hydrogen) atoms. The molecule has 2 aliphatic carbocycles. The lowest BCUT2D eigenvalue weighted by Gasteiger charge is -2.44. The molecule has 0 amide bonds. The zero-order chi connectivity index (χ0) is 39.0. The SMILES string of the molecule is CC1(C)c2ccccc2-c2cc3c(N(c4ccccc4)c4cccc5ccccc45)c4ccccc4c(N(c4cccc5ccccc45)C4(C)C=CC=CC4)c3cc21. The largest absolute Gasteiger partial charge is 0.330 e. The van der Waals surface area contributed by atoms with E-state index in [0.717, 1.165) is 17.8 Å². The standard InChI is InChI=1S/C56H44N2/c1-55(2)49-31-15-14-28-43(49)46-36-47-48(37-50(46)55)54(58(56(3)34-16-5-17-35-56)52-33-19-23-39-21-9-11-27-42(39)52)45-30-13-12-29-44(45)53(47)57(40-24-6-4-7-25-40)51-32-18-22-38-20-8-10-26-41(38)51/h4-34,36-37H,35H2,1-3H3. The van der Waals surface area contributed by atoms with E-state index >= 15 is 0 Å². The van der Waals surface area contributed by atoms with Gasteiger partial charge in [0.25, 0.3) is 0 Å². The Morgan fingerprint density at radius 3 is 1.71 bits per heavy atom. The van der Waals surface area contributed by atoms with Gasteiger partial charge in [-0.2, -0.15) is 0 Å². The van der Waals surface area contributed by atoms with Crippen LogP contribution in [0, 0.1) is 0 Å². The lowest BCUT2D eigenvalue weighted by atomic mass is 9.81. The van der Waals surface area contributed by atoms with Gasteiger partial charge in [0.15, 0.2) is 0 Å². The lowest BCUT2D eigenvalue weighted by Crippen LogP contribution is -2.42. The Balaban J connectivity index is 1.35. The van der Waals surface area contributed by atoms with Crippen molar-refractivity contribution in [1.82, 2.24) is 0 Å². The number of hydrogen-bond donors (Lipinski definition) is 0. The minimum Gasteiger partial charge on any atom is -0.330 e. The Hall–Kier alpha value is -6.90. The highest BCUT2D eigenvalue weighted by Crippen LogP contribution is 2.57. The molecule has 0 N–H and O–H groups in total. The molecule has 2 nitrogen and oxygen atoms in total. The van der Waals surface area contributed by atoms with E-state index < -0.39 is 0 Å². The fraction of sp³-hybridized carbons (Fsp3) is 0.107. The normalized spacial score (nSPS) is 16.5. The van der Waals surface area contributed by atoms with Gasteiger partial charge in [-0.3, -0.25) is 0 Å². The van der Waals surface area contributed by atoms with E-state index in [1.807, 2.05) is 0 Å². The number of para-hydroxylation sites is 1. The third-order valence-corrected chi connectivity index (χ3v) is 12.9. The van der Waals surface area contributed by atoms with Crippen LogP contribution in [-0.4, -0.2) is 5.54 Å². The van der Waals surface area contributed by atoms with Crippen LogP contribution in [-0.2, 0) is 5.41 Å². The van der Waals surface area contributed by atoms with Crippen LogP contribution < -0.4 is 9.80 Å². The van der Waals surface area contributed by atoms with Gasteiger partial charge in [-0.25, -0.2) is 0 Å². The van der Waals surface area contributed by atoms with E-state index in [1.165, 1.54) is 82.4 Å². The van der Waals surface area contributed by atoms with Crippen molar-refractivity contribution in [3.8, 4) is 11.1 Å². The summed E-state index contributed by atoms with van der Waals surface area (Å²) in [6.07, 6.45) is 10.0. The van der Waals surface area contributed by atoms with Crippen molar-refractivity contribution in [2.24, 2.45) is 0 Å². The van der Waals surface area contributed by atoms with Gasteiger partial charge in [0.1, 0.15) is 0 Å². The maximum atomic E-state index is 2.68. The summed E-state index contributed by atoms with van der Waals surface area (Å²) in [4.78, 5) is 5.21. The van der Waals surface area contributed by atoms with Crippen LogP contribution in [0.5, 0.6) is 0 Å². The minimum absolute atomic E-state index is 0.181. The van der Waals surface area contributed by atoms with Crippen molar-refractivity contribution in [3.63, 3.8) is 0 Å². The molecule has 0 heterocycles. The number of nitrogens with zero attached hydrogens (tertiary/aromatic N) is 2. The first kappa shape index (κ1) is 34.4. The monoisotopic (exact) mass is 744 g/mol. The first-order valence-electron chi connectivity index (χ1n) is 20.5. The Bertz CT molecular complexity index is 3140. The molecule has 0 bridgehead atoms. The highest BCUT2D eigenvalue weighted by Gasteiger charge is 2.39. The molecule has 2 heteroatoms. The van der Waals surface area contributed by atoms with Crippen molar-refractivity contribution in [2.75, 3.05) is 9.80 Å². The van der Waals surface area contributed by atoms with Gasteiger partial charge in [-0.05, 0) is 82.8 Å². The van der Waals surface area contributed by atoms with Crippen molar-refractivity contribution in [3.05, 3.63) is 211 Å².